The summed E-state index contributed by atoms with van der Waals surface area (Å²) in [5, 5.41) is 39.4. The Bertz CT molecular complexity index is 1260. The fourth-order valence-corrected chi connectivity index (χ4v) is 2.79. The van der Waals surface area contributed by atoms with Crippen molar-refractivity contribution in [3.8, 4) is 28.6 Å². The smallest absolute Gasteiger partial charge is 0.371 e. The number of aromatic hydroxyl groups is 3. The molecule has 8 nitrogen and oxygen atoms in total. The average Bonchev–Trinajstić information content (AvgIpc) is 2.59. The molecule has 0 unspecified atom stereocenters. The summed E-state index contributed by atoms with van der Waals surface area (Å²) in [6, 6.07) is 7.43. The summed E-state index contributed by atoms with van der Waals surface area (Å²) < 4.78 is 10.9. The minimum absolute atomic E-state index is 0.0223. The Balaban J connectivity index is 2.16. The van der Waals surface area contributed by atoms with Crippen molar-refractivity contribution in [2.24, 2.45) is 0 Å². The molecule has 130 valence electrons. The molecular formula is C18H11O8+. The van der Waals surface area contributed by atoms with Crippen molar-refractivity contribution in [3.05, 3.63) is 47.6 Å². The minimum atomic E-state index is -1.35. The van der Waals surface area contributed by atoms with Gasteiger partial charge in [0.15, 0.2) is 23.0 Å². The molecule has 2 aromatic heterocycles. The van der Waals surface area contributed by atoms with Crippen LogP contribution in [0.3, 0.4) is 0 Å². The van der Waals surface area contributed by atoms with Gasteiger partial charge in [0, 0.05) is 17.0 Å². The van der Waals surface area contributed by atoms with Gasteiger partial charge in [0.25, 0.3) is 0 Å². The molecule has 0 aliphatic carbocycles. The zero-order valence-electron chi connectivity index (χ0n) is 12.9. The Hall–Kier alpha value is -3.94. The Morgan fingerprint density at radius 2 is 1.62 bits per heavy atom. The molecule has 0 atom stereocenters. The maximum atomic E-state index is 11.3. The van der Waals surface area contributed by atoms with E-state index in [4.69, 9.17) is 8.83 Å². The van der Waals surface area contributed by atoms with Gasteiger partial charge in [0.2, 0.25) is 5.76 Å². The van der Waals surface area contributed by atoms with E-state index in [2.05, 4.69) is 0 Å². The number of hydrogen-bond acceptors (Lipinski definition) is 6. The number of hydrogen-bond donors (Lipinski definition) is 4. The van der Waals surface area contributed by atoms with Gasteiger partial charge < -0.3 is 29.3 Å². The van der Waals surface area contributed by atoms with E-state index in [9.17, 15) is 30.0 Å². The second-order valence-corrected chi connectivity index (χ2v) is 5.63. The normalized spacial score (nSPS) is 11.2. The first-order chi connectivity index (χ1) is 12.3. The lowest BCUT2D eigenvalue weighted by Crippen LogP contribution is -2.02. The van der Waals surface area contributed by atoms with Crippen molar-refractivity contribution in [1.82, 2.24) is 0 Å². The lowest BCUT2D eigenvalue weighted by Gasteiger charge is -2.11. The molecule has 4 aromatic rings. The second-order valence-electron chi connectivity index (χ2n) is 5.63. The largest absolute Gasteiger partial charge is 0.504 e. The van der Waals surface area contributed by atoms with Crippen LogP contribution in [0.5, 0.6) is 17.2 Å². The third-order valence-electron chi connectivity index (χ3n) is 3.95. The van der Waals surface area contributed by atoms with E-state index >= 15 is 0 Å². The van der Waals surface area contributed by atoms with Gasteiger partial charge in [-0.3, -0.25) is 4.79 Å². The molecule has 0 aliphatic heterocycles. The van der Waals surface area contributed by atoms with Crippen LogP contribution in [0.15, 0.2) is 45.2 Å². The summed E-state index contributed by atoms with van der Waals surface area (Å²) in [4.78, 5) is 21.1. The molecular weight excluding hydrogens is 344 g/mol. The summed E-state index contributed by atoms with van der Waals surface area (Å²) >= 11 is 0. The van der Waals surface area contributed by atoms with Gasteiger partial charge in [0.05, 0.1) is 17.5 Å². The summed E-state index contributed by atoms with van der Waals surface area (Å²) in [6.45, 7) is 0. The highest BCUT2D eigenvalue weighted by atomic mass is 16.4. The molecule has 26 heavy (non-hydrogen) atoms. The third kappa shape index (κ3) is 2.24. The average molecular weight is 355 g/mol. The molecule has 0 amide bonds. The van der Waals surface area contributed by atoms with E-state index in [0.717, 1.165) is 6.07 Å². The van der Waals surface area contributed by atoms with E-state index < -0.39 is 17.5 Å². The SMILES string of the molecule is O=C(O)c1cc2c(O)c(-c3ccc(O)c(O)c3)oc3cc(=[OH+])cc(o1)c32. The minimum Gasteiger partial charge on any atom is -0.504 e. The molecule has 0 bridgehead atoms. The molecule has 0 aliphatic rings. The predicted octanol–water partition coefficient (Wildman–Crippen LogP) is 2.67. The van der Waals surface area contributed by atoms with Crippen molar-refractivity contribution in [1.29, 1.82) is 0 Å². The van der Waals surface area contributed by atoms with Crippen LogP contribution in [0, 0.1) is 0 Å². The first-order valence-corrected chi connectivity index (χ1v) is 7.36. The second kappa shape index (κ2) is 5.28. The number of carboxylic acid groups (broad SMARTS) is 1. The molecule has 8 heteroatoms. The predicted molar refractivity (Wildman–Crippen MR) is 88.4 cm³/mol. The van der Waals surface area contributed by atoms with Gasteiger partial charge in [-0.25, -0.2) is 4.79 Å². The van der Waals surface area contributed by atoms with Gasteiger partial charge in [-0.05, 0) is 18.2 Å². The van der Waals surface area contributed by atoms with Gasteiger partial charge in [0.1, 0.15) is 11.2 Å². The van der Waals surface area contributed by atoms with Crippen LogP contribution in [0.1, 0.15) is 10.6 Å². The Labute approximate surface area is 143 Å². The maximum Gasteiger partial charge on any atom is 0.371 e. The van der Waals surface area contributed by atoms with Gasteiger partial charge in [-0.1, -0.05) is 0 Å². The first-order valence-electron chi connectivity index (χ1n) is 7.36. The van der Waals surface area contributed by atoms with E-state index in [0.29, 0.717) is 0 Å². The quantitative estimate of drug-likeness (QED) is 0.319. The Kier molecular flexibility index (Phi) is 3.16. The lowest BCUT2D eigenvalue weighted by atomic mass is 10.0. The molecule has 2 aromatic carbocycles. The molecule has 0 spiro atoms. The topological polar surface area (TPSA) is 146 Å². The van der Waals surface area contributed by atoms with Crippen molar-refractivity contribution in [2.75, 3.05) is 0 Å². The van der Waals surface area contributed by atoms with Crippen molar-refractivity contribution in [2.45, 2.75) is 0 Å². The Morgan fingerprint density at radius 3 is 2.27 bits per heavy atom. The van der Waals surface area contributed by atoms with E-state index in [1.807, 2.05) is 0 Å². The number of rotatable bonds is 2. The molecule has 4 rings (SSSR count). The highest BCUT2D eigenvalue weighted by Gasteiger charge is 2.22. The van der Waals surface area contributed by atoms with Crippen molar-refractivity contribution < 1.29 is 38.8 Å². The van der Waals surface area contributed by atoms with Crippen LogP contribution in [0.2, 0.25) is 0 Å². The number of phenolic OH excluding ortho intramolecular Hbond substituents is 2. The number of carbonyl (C=O) groups is 1. The number of benzene rings is 2. The van der Waals surface area contributed by atoms with Crippen LogP contribution < -0.4 is 5.43 Å². The number of carboxylic acids is 1. The summed E-state index contributed by atoms with van der Waals surface area (Å²) in [6.07, 6.45) is 0. The zero-order chi connectivity index (χ0) is 18.6. The van der Waals surface area contributed by atoms with Crippen LogP contribution in [-0.4, -0.2) is 31.2 Å². The molecule has 0 radical (unpaired) electrons. The molecule has 2 heterocycles. The maximum absolute atomic E-state index is 11.3. The fourth-order valence-electron chi connectivity index (χ4n) is 2.79. The highest BCUT2D eigenvalue weighted by Crippen LogP contribution is 2.42. The summed E-state index contributed by atoms with van der Waals surface area (Å²) in [5.74, 6) is -3.02. The van der Waals surface area contributed by atoms with Crippen LogP contribution in [0.4, 0.5) is 0 Å². The van der Waals surface area contributed by atoms with Crippen LogP contribution in [0.25, 0.3) is 33.3 Å². The zero-order valence-corrected chi connectivity index (χ0v) is 12.9. The number of phenols is 2. The van der Waals surface area contributed by atoms with Gasteiger partial charge in [-0.15, -0.1) is 0 Å². The van der Waals surface area contributed by atoms with Crippen LogP contribution in [-0.2, 0) is 0 Å². The van der Waals surface area contributed by atoms with E-state index in [1.54, 1.807) is 0 Å². The van der Waals surface area contributed by atoms with Gasteiger partial charge >= 0.3 is 11.4 Å². The molecule has 5 N–H and O–H groups in total. The van der Waals surface area contributed by atoms with Crippen LogP contribution >= 0.6 is 0 Å². The molecule has 0 saturated carbocycles. The highest BCUT2D eigenvalue weighted by molar-refractivity contribution is 6.10. The monoisotopic (exact) mass is 355 g/mol. The molecule has 0 saturated heterocycles. The van der Waals surface area contributed by atoms with E-state index in [-0.39, 0.29) is 50.2 Å². The van der Waals surface area contributed by atoms with Crippen molar-refractivity contribution >= 4 is 27.9 Å². The third-order valence-corrected chi connectivity index (χ3v) is 3.95. The summed E-state index contributed by atoms with van der Waals surface area (Å²) in [7, 11) is 0. The van der Waals surface area contributed by atoms with E-state index in [1.165, 1.54) is 30.3 Å². The Morgan fingerprint density at radius 1 is 0.923 bits per heavy atom. The first kappa shape index (κ1) is 15.6. The van der Waals surface area contributed by atoms with Crippen molar-refractivity contribution in [3.63, 3.8) is 0 Å². The molecule has 0 fully saturated rings. The van der Waals surface area contributed by atoms with Gasteiger partial charge in [-0.2, -0.15) is 0 Å². The standard InChI is InChI=1S/C18H10O8/c19-8-4-12-15-9(6-14(25-12)18(23)24)16(22)17(26-13(15)5-8)7-1-2-10(20)11(21)3-7/h1-6,20-22H,(H,23,24)/p+1. The number of aromatic carboxylic acids is 1. The lowest BCUT2D eigenvalue weighted by molar-refractivity contribution is 0.0663. The summed E-state index contributed by atoms with van der Waals surface area (Å²) in [5.41, 5.74) is 0.168. The fraction of sp³-hybridized carbons (Fsp3) is 0.